The number of benzene rings is 2. The lowest BCUT2D eigenvalue weighted by Gasteiger charge is -2.44. The number of carbonyl (C=O) groups excluding carboxylic acids is 3. The average molecular weight is 615 g/mol. The Labute approximate surface area is 259 Å². The van der Waals surface area contributed by atoms with E-state index in [4.69, 9.17) is 23.7 Å². The Kier molecular flexibility index (Phi) is 14.1. The normalized spacial score (nSPS) is 21.7. The summed E-state index contributed by atoms with van der Waals surface area (Å²) < 4.78 is 29.1. The van der Waals surface area contributed by atoms with Crippen molar-refractivity contribution in [3.05, 3.63) is 71.8 Å². The van der Waals surface area contributed by atoms with Crippen molar-refractivity contribution in [3.8, 4) is 0 Å². The van der Waals surface area contributed by atoms with Crippen LogP contribution in [0.2, 0.25) is 0 Å². The maximum atomic E-state index is 12.7. The first kappa shape index (κ1) is 35.0. The molecule has 0 spiro atoms. The van der Waals surface area contributed by atoms with E-state index in [1.54, 1.807) is 20.8 Å². The summed E-state index contributed by atoms with van der Waals surface area (Å²) in [5, 5.41) is 16.9. The Morgan fingerprint density at radius 2 is 1.52 bits per heavy atom. The number of nitrogens with one attached hydrogen (secondary N) is 2. The molecule has 0 aromatic heterocycles. The van der Waals surface area contributed by atoms with Crippen LogP contribution in [-0.4, -0.2) is 72.5 Å². The molecule has 1 aliphatic heterocycles. The van der Waals surface area contributed by atoms with Gasteiger partial charge in [-0.2, -0.15) is 0 Å². The smallest absolute Gasteiger partial charge is 0.407 e. The van der Waals surface area contributed by atoms with Crippen molar-refractivity contribution in [1.29, 1.82) is 0 Å². The van der Waals surface area contributed by atoms with Crippen molar-refractivity contribution < 1.29 is 43.2 Å². The van der Waals surface area contributed by atoms with Gasteiger partial charge in [-0.1, -0.05) is 67.6 Å². The van der Waals surface area contributed by atoms with Crippen LogP contribution in [0, 0.1) is 0 Å². The third-order valence-electron chi connectivity index (χ3n) is 6.66. The van der Waals surface area contributed by atoms with Gasteiger partial charge in [0.15, 0.2) is 6.29 Å². The molecule has 1 saturated heterocycles. The van der Waals surface area contributed by atoms with Crippen LogP contribution in [0.25, 0.3) is 0 Å². The molecule has 0 bridgehead atoms. The average Bonchev–Trinajstić information content (AvgIpc) is 2.98. The van der Waals surface area contributed by atoms with Gasteiger partial charge in [0.1, 0.15) is 36.6 Å². The summed E-state index contributed by atoms with van der Waals surface area (Å²) in [5.41, 5.74) is 1.16. The summed E-state index contributed by atoms with van der Waals surface area (Å²) in [6.07, 6.45) is -3.42. The molecule has 0 saturated carbocycles. The highest BCUT2D eigenvalue weighted by molar-refractivity contribution is 5.76. The monoisotopic (exact) mass is 614 g/mol. The van der Waals surface area contributed by atoms with E-state index in [1.807, 2.05) is 67.6 Å². The number of aliphatic hydroxyl groups excluding tert-OH is 1. The van der Waals surface area contributed by atoms with Gasteiger partial charge in [-0.3, -0.25) is 9.59 Å². The second-order valence-electron chi connectivity index (χ2n) is 11.6. The van der Waals surface area contributed by atoms with Gasteiger partial charge in [-0.15, -0.1) is 0 Å². The van der Waals surface area contributed by atoms with E-state index < -0.39 is 48.3 Å². The van der Waals surface area contributed by atoms with Crippen LogP contribution in [0.1, 0.15) is 64.5 Å². The summed E-state index contributed by atoms with van der Waals surface area (Å²) in [6, 6.07) is 18.1. The van der Waals surface area contributed by atoms with Gasteiger partial charge in [0.05, 0.1) is 13.2 Å². The molecule has 11 nitrogen and oxygen atoms in total. The molecule has 5 atom stereocenters. The highest BCUT2D eigenvalue weighted by Crippen LogP contribution is 2.27. The number of rotatable bonds is 15. The van der Waals surface area contributed by atoms with Crippen molar-refractivity contribution in [2.24, 2.45) is 0 Å². The Bertz CT molecular complexity index is 1160. The Balaban J connectivity index is 1.67. The summed E-state index contributed by atoms with van der Waals surface area (Å²) in [6.45, 7) is 7.53. The molecule has 11 heteroatoms. The summed E-state index contributed by atoms with van der Waals surface area (Å²) in [4.78, 5) is 37.0. The quantitative estimate of drug-likeness (QED) is 0.200. The highest BCUT2D eigenvalue weighted by Gasteiger charge is 2.47. The van der Waals surface area contributed by atoms with E-state index in [-0.39, 0.29) is 45.1 Å². The molecule has 1 aliphatic rings. The van der Waals surface area contributed by atoms with Gasteiger partial charge in [-0.05, 0) is 44.7 Å². The summed E-state index contributed by atoms with van der Waals surface area (Å²) >= 11 is 0. The van der Waals surface area contributed by atoms with E-state index in [0.29, 0.717) is 12.8 Å². The first-order valence-corrected chi connectivity index (χ1v) is 15.1. The van der Waals surface area contributed by atoms with E-state index in [1.165, 1.54) is 0 Å². The van der Waals surface area contributed by atoms with Crippen LogP contribution in [0.3, 0.4) is 0 Å². The highest BCUT2D eigenvalue weighted by atomic mass is 16.7. The molecule has 2 aromatic rings. The third-order valence-corrected chi connectivity index (χ3v) is 6.66. The molecule has 0 aliphatic carbocycles. The molecule has 44 heavy (non-hydrogen) atoms. The zero-order valence-corrected chi connectivity index (χ0v) is 26.0. The lowest BCUT2D eigenvalue weighted by molar-refractivity contribution is -0.282. The van der Waals surface area contributed by atoms with Crippen LogP contribution >= 0.6 is 0 Å². The SMILES string of the molecule is CCCC(=O)N[C@H]1C(OCc2ccccc2)O[C@H](COC(=O)CCCNC(=O)OC(C)(C)C)[C@@H](O)[C@@H]1OCc1ccccc1. The molecular formula is C33H46N2O9. The van der Waals surface area contributed by atoms with Crippen LogP contribution < -0.4 is 10.6 Å². The lowest BCUT2D eigenvalue weighted by Crippen LogP contribution is -2.65. The Morgan fingerprint density at radius 3 is 2.11 bits per heavy atom. The molecule has 1 fully saturated rings. The van der Waals surface area contributed by atoms with Crippen LogP contribution in [0.4, 0.5) is 4.79 Å². The fourth-order valence-corrected chi connectivity index (χ4v) is 4.54. The first-order chi connectivity index (χ1) is 21.1. The van der Waals surface area contributed by atoms with E-state index in [2.05, 4.69) is 10.6 Å². The van der Waals surface area contributed by atoms with Gasteiger partial charge in [0.2, 0.25) is 5.91 Å². The maximum Gasteiger partial charge on any atom is 0.407 e. The van der Waals surface area contributed by atoms with Gasteiger partial charge in [0, 0.05) is 19.4 Å². The molecule has 2 aromatic carbocycles. The van der Waals surface area contributed by atoms with Crippen molar-refractivity contribution in [3.63, 3.8) is 0 Å². The molecule has 3 N–H and O–H groups in total. The van der Waals surface area contributed by atoms with E-state index in [9.17, 15) is 19.5 Å². The van der Waals surface area contributed by atoms with E-state index >= 15 is 0 Å². The fourth-order valence-electron chi connectivity index (χ4n) is 4.54. The number of esters is 1. The molecule has 2 amide bonds. The third kappa shape index (κ3) is 12.2. The number of alkyl carbamates (subject to hydrolysis) is 1. The largest absolute Gasteiger partial charge is 0.463 e. The van der Waals surface area contributed by atoms with Crippen LogP contribution in [-0.2, 0) is 46.5 Å². The molecule has 242 valence electrons. The standard InChI is InChI=1S/C33H46N2O9/c1-5-13-26(36)35-28-30(41-20-23-14-8-6-9-15-23)29(38)25(43-31(28)42-21-24-16-10-7-11-17-24)22-40-27(37)18-12-19-34-32(39)44-33(2,3)4/h6-11,14-17,25,28-31,38H,5,12-13,18-22H2,1-4H3,(H,34,39)(H,35,36)/t25-,28-,29-,30-,31?/m1/s1. The molecule has 3 rings (SSSR count). The van der Waals surface area contributed by atoms with Gasteiger partial charge in [-0.25, -0.2) is 4.79 Å². The second-order valence-corrected chi connectivity index (χ2v) is 11.6. The van der Waals surface area contributed by atoms with Gasteiger partial charge < -0.3 is 39.4 Å². The second kappa shape index (κ2) is 17.7. The van der Waals surface area contributed by atoms with Crippen molar-refractivity contribution in [2.45, 2.75) is 103 Å². The van der Waals surface area contributed by atoms with Crippen molar-refractivity contribution in [1.82, 2.24) is 10.6 Å². The lowest BCUT2D eigenvalue weighted by atomic mass is 9.96. The zero-order chi connectivity index (χ0) is 32.0. The van der Waals surface area contributed by atoms with Gasteiger partial charge in [0.25, 0.3) is 0 Å². The summed E-state index contributed by atoms with van der Waals surface area (Å²) in [7, 11) is 0. The Morgan fingerprint density at radius 1 is 0.909 bits per heavy atom. The minimum absolute atomic E-state index is 0.0379. The molecular weight excluding hydrogens is 568 g/mol. The number of carbonyl (C=O) groups is 3. The minimum Gasteiger partial charge on any atom is -0.463 e. The summed E-state index contributed by atoms with van der Waals surface area (Å²) in [5.74, 6) is -0.742. The zero-order valence-electron chi connectivity index (χ0n) is 26.0. The molecule has 0 radical (unpaired) electrons. The van der Waals surface area contributed by atoms with E-state index in [0.717, 1.165) is 11.1 Å². The number of hydrogen-bond acceptors (Lipinski definition) is 9. The number of hydrogen-bond donors (Lipinski definition) is 3. The Hall–Kier alpha value is -3.51. The van der Waals surface area contributed by atoms with Crippen molar-refractivity contribution >= 4 is 18.0 Å². The topological polar surface area (TPSA) is 142 Å². The van der Waals surface area contributed by atoms with Gasteiger partial charge >= 0.3 is 12.1 Å². The number of aliphatic hydroxyl groups is 1. The van der Waals surface area contributed by atoms with Crippen molar-refractivity contribution in [2.75, 3.05) is 13.2 Å². The first-order valence-electron chi connectivity index (χ1n) is 15.1. The molecule has 1 heterocycles. The maximum absolute atomic E-state index is 12.7. The predicted octanol–water partition coefficient (Wildman–Crippen LogP) is 4.01. The fraction of sp³-hybridized carbons (Fsp3) is 0.545. The minimum atomic E-state index is -1.25. The predicted molar refractivity (Wildman–Crippen MR) is 162 cm³/mol. The molecule has 1 unspecified atom stereocenters. The number of ether oxygens (including phenoxy) is 5. The van der Waals surface area contributed by atoms with Crippen LogP contribution in [0.5, 0.6) is 0 Å². The number of amides is 2. The van der Waals surface area contributed by atoms with Crippen LogP contribution in [0.15, 0.2) is 60.7 Å².